The van der Waals surface area contributed by atoms with Crippen molar-refractivity contribution in [3.63, 3.8) is 0 Å². The predicted molar refractivity (Wildman–Crippen MR) is 48.0 cm³/mol. The number of hydrogen-bond donors (Lipinski definition) is 1. The van der Waals surface area contributed by atoms with E-state index >= 15 is 0 Å². The third kappa shape index (κ3) is 1.49. The predicted octanol–water partition coefficient (Wildman–Crippen LogP) is 0.197. The average molecular weight is 170 g/mol. The maximum Gasteiger partial charge on any atom is 0.0622 e. The van der Waals surface area contributed by atoms with Crippen molar-refractivity contribution in [2.45, 2.75) is 37.4 Å². The van der Waals surface area contributed by atoms with Crippen molar-refractivity contribution < 1.29 is 4.74 Å². The summed E-state index contributed by atoms with van der Waals surface area (Å²) in [4.78, 5) is 2.45. The molecule has 1 aliphatic carbocycles. The summed E-state index contributed by atoms with van der Waals surface area (Å²) >= 11 is 0. The van der Waals surface area contributed by atoms with Gasteiger partial charge >= 0.3 is 0 Å². The van der Waals surface area contributed by atoms with Crippen molar-refractivity contribution in [2.24, 2.45) is 5.73 Å². The van der Waals surface area contributed by atoms with Gasteiger partial charge in [0.2, 0.25) is 0 Å². The molecule has 0 amide bonds. The molecule has 2 N–H and O–H groups in total. The number of nitrogens with zero attached hydrogens (tertiary/aromatic N) is 1. The summed E-state index contributed by atoms with van der Waals surface area (Å²) in [5, 5.41) is 0. The van der Waals surface area contributed by atoms with E-state index in [1.54, 1.807) is 0 Å². The van der Waals surface area contributed by atoms with Crippen LogP contribution in [0.2, 0.25) is 0 Å². The molecule has 1 heterocycles. The minimum absolute atomic E-state index is 0.458. The van der Waals surface area contributed by atoms with E-state index in [9.17, 15) is 0 Å². The Balaban J connectivity index is 1.79. The Morgan fingerprint density at radius 1 is 1.33 bits per heavy atom. The molecule has 1 saturated heterocycles. The van der Waals surface area contributed by atoms with Gasteiger partial charge in [0, 0.05) is 24.7 Å². The van der Waals surface area contributed by atoms with Crippen LogP contribution < -0.4 is 5.73 Å². The van der Waals surface area contributed by atoms with E-state index in [4.69, 9.17) is 10.5 Å². The summed E-state index contributed by atoms with van der Waals surface area (Å²) in [6, 6.07) is 1.84. The van der Waals surface area contributed by atoms with E-state index in [0.29, 0.717) is 12.1 Å². The topological polar surface area (TPSA) is 38.5 Å². The maximum atomic E-state index is 5.75. The number of nitrogens with two attached hydrogens (primary N) is 1. The molecule has 1 unspecified atom stereocenters. The SMILES string of the molecule is CN(C1CCOC1)C1CC(N)C1. The molecule has 70 valence electrons. The van der Waals surface area contributed by atoms with Crippen LogP contribution in [-0.4, -0.2) is 43.3 Å². The lowest BCUT2D eigenvalue weighted by Crippen LogP contribution is -2.52. The van der Waals surface area contributed by atoms with Crippen LogP contribution in [0, 0.1) is 0 Å². The van der Waals surface area contributed by atoms with Crippen molar-refractivity contribution in [1.29, 1.82) is 0 Å². The molecule has 3 nitrogen and oxygen atoms in total. The molecular weight excluding hydrogens is 152 g/mol. The number of ether oxygens (including phenoxy) is 1. The van der Waals surface area contributed by atoms with Gasteiger partial charge in [-0.2, -0.15) is 0 Å². The van der Waals surface area contributed by atoms with Crippen LogP contribution in [0.3, 0.4) is 0 Å². The largest absolute Gasteiger partial charge is 0.380 e. The first-order chi connectivity index (χ1) is 5.77. The van der Waals surface area contributed by atoms with Crippen LogP contribution in [0.4, 0.5) is 0 Å². The summed E-state index contributed by atoms with van der Waals surface area (Å²) in [6.07, 6.45) is 3.54. The number of hydrogen-bond acceptors (Lipinski definition) is 3. The first-order valence-electron chi connectivity index (χ1n) is 4.82. The second-order valence-electron chi connectivity index (χ2n) is 4.07. The van der Waals surface area contributed by atoms with Crippen molar-refractivity contribution in [3.8, 4) is 0 Å². The summed E-state index contributed by atoms with van der Waals surface area (Å²) in [5.41, 5.74) is 5.75. The fourth-order valence-corrected chi connectivity index (χ4v) is 2.10. The molecular formula is C9H18N2O. The first-order valence-corrected chi connectivity index (χ1v) is 4.82. The zero-order valence-electron chi connectivity index (χ0n) is 7.70. The van der Waals surface area contributed by atoms with E-state index in [-0.39, 0.29) is 0 Å². The van der Waals surface area contributed by atoms with E-state index in [1.165, 1.54) is 19.3 Å². The summed E-state index contributed by atoms with van der Waals surface area (Å²) < 4.78 is 5.35. The maximum absolute atomic E-state index is 5.75. The standard InChI is InChI=1S/C9H18N2O/c1-11(8-2-3-12-6-8)9-4-7(10)5-9/h7-9H,2-6,10H2,1H3. The molecule has 0 radical (unpaired) electrons. The lowest BCUT2D eigenvalue weighted by atomic mass is 9.86. The second-order valence-corrected chi connectivity index (χ2v) is 4.07. The highest BCUT2D eigenvalue weighted by atomic mass is 16.5. The Bertz CT molecular complexity index is 151. The molecule has 12 heavy (non-hydrogen) atoms. The summed E-state index contributed by atoms with van der Waals surface area (Å²) in [6.45, 7) is 1.86. The second kappa shape index (κ2) is 3.32. The van der Waals surface area contributed by atoms with Gasteiger partial charge in [-0.05, 0) is 26.3 Å². The molecule has 1 aliphatic heterocycles. The highest BCUT2D eigenvalue weighted by Crippen LogP contribution is 2.26. The Kier molecular flexibility index (Phi) is 2.35. The molecule has 2 fully saturated rings. The summed E-state index contributed by atoms with van der Waals surface area (Å²) in [7, 11) is 2.20. The van der Waals surface area contributed by atoms with Crippen molar-refractivity contribution in [1.82, 2.24) is 4.90 Å². The molecule has 3 heteroatoms. The summed E-state index contributed by atoms with van der Waals surface area (Å²) in [5.74, 6) is 0. The Morgan fingerprint density at radius 2 is 2.08 bits per heavy atom. The zero-order chi connectivity index (χ0) is 8.55. The van der Waals surface area contributed by atoms with E-state index in [0.717, 1.165) is 19.3 Å². The lowest BCUT2D eigenvalue weighted by molar-refractivity contribution is 0.0824. The molecule has 0 spiro atoms. The normalized spacial score (nSPS) is 41.8. The Labute approximate surface area is 73.9 Å². The molecule has 1 atom stereocenters. The fraction of sp³-hybridized carbons (Fsp3) is 1.00. The molecule has 2 aliphatic rings. The van der Waals surface area contributed by atoms with Crippen LogP contribution in [0.1, 0.15) is 19.3 Å². The minimum atomic E-state index is 0.458. The van der Waals surface area contributed by atoms with Gasteiger partial charge in [0.15, 0.2) is 0 Å². The van der Waals surface area contributed by atoms with Gasteiger partial charge in [0.1, 0.15) is 0 Å². The van der Waals surface area contributed by atoms with Gasteiger partial charge < -0.3 is 10.5 Å². The molecule has 0 aromatic carbocycles. The number of rotatable bonds is 2. The molecule has 0 aromatic heterocycles. The Morgan fingerprint density at radius 3 is 2.58 bits per heavy atom. The van der Waals surface area contributed by atoms with Crippen molar-refractivity contribution >= 4 is 0 Å². The van der Waals surface area contributed by atoms with Crippen molar-refractivity contribution in [3.05, 3.63) is 0 Å². The van der Waals surface area contributed by atoms with Gasteiger partial charge in [0.25, 0.3) is 0 Å². The van der Waals surface area contributed by atoms with E-state index < -0.39 is 0 Å². The zero-order valence-corrected chi connectivity index (χ0v) is 7.70. The van der Waals surface area contributed by atoms with Crippen LogP contribution in [-0.2, 0) is 4.74 Å². The van der Waals surface area contributed by atoms with Gasteiger partial charge in [-0.1, -0.05) is 0 Å². The Hall–Kier alpha value is -0.120. The van der Waals surface area contributed by atoms with Gasteiger partial charge in [-0.25, -0.2) is 0 Å². The van der Waals surface area contributed by atoms with Crippen molar-refractivity contribution in [2.75, 3.05) is 20.3 Å². The van der Waals surface area contributed by atoms with Crippen LogP contribution in [0.5, 0.6) is 0 Å². The number of likely N-dealkylation sites (N-methyl/N-ethyl adjacent to an activating group) is 1. The molecule has 0 aromatic rings. The highest BCUT2D eigenvalue weighted by molar-refractivity contribution is 4.91. The third-order valence-electron chi connectivity index (χ3n) is 3.21. The molecule has 1 saturated carbocycles. The third-order valence-corrected chi connectivity index (χ3v) is 3.21. The average Bonchev–Trinajstić information content (AvgIpc) is 2.49. The van der Waals surface area contributed by atoms with Crippen LogP contribution in [0.15, 0.2) is 0 Å². The minimum Gasteiger partial charge on any atom is -0.380 e. The highest BCUT2D eigenvalue weighted by Gasteiger charge is 2.33. The van der Waals surface area contributed by atoms with Gasteiger partial charge in [-0.15, -0.1) is 0 Å². The van der Waals surface area contributed by atoms with E-state index in [2.05, 4.69) is 11.9 Å². The van der Waals surface area contributed by atoms with Gasteiger partial charge in [0.05, 0.1) is 6.61 Å². The quantitative estimate of drug-likeness (QED) is 0.643. The van der Waals surface area contributed by atoms with E-state index in [1.807, 2.05) is 0 Å². The monoisotopic (exact) mass is 170 g/mol. The fourth-order valence-electron chi connectivity index (χ4n) is 2.10. The molecule has 2 rings (SSSR count). The lowest BCUT2D eigenvalue weighted by Gasteiger charge is -2.41. The van der Waals surface area contributed by atoms with Crippen LogP contribution in [0.25, 0.3) is 0 Å². The molecule has 0 bridgehead atoms. The first kappa shape index (κ1) is 8.48. The smallest absolute Gasteiger partial charge is 0.0622 e. The van der Waals surface area contributed by atoms with Crippen LogP contribution >= 0.6 is 0 Å². The van der Waals surface area contributed by atoms with Gasteiger partial charge in [-0.3, -0.25) is 4.90 Å².